The Morgan fingerprint density at radius 1 is 0.792 bits per heavy atom. The molecule has 0 fully saturated rings. The van der Waals surface area contributed by atoms with E-state index >= 15 is 0 Å². The van der Waals surface area contributed by atoms with Crippen molar-refractivity contribution in [2.75, 3.05) is 0 Å². The normalized spacial score (nSPS) is 13.6. The van der Waals surface area contributed by atoms with E-state index in [1.165, 1.54) is 33.4 Å². The lowest BCUT2D eigenvalue weighted by molar-refractivity contribution is -0.121. The Hall–Kier alpha value is -1.89. The maximum atomic E-state index is 13.2. The van der Waals surface area contributed by atoms with Gasteiger partial charge in [0, 0.05) is 11.8 Å². The van der Waals surface area contributed by atoms with Crippen molar-refractivity contribution in [3.8, 4) is 0 Å². The fourth-order valence-corrected chi connectivity index (χ4v) is 3.56. The second kappa shape index (κ2) is 7.79. The van der Waals surface area contributed by atoms with Crippen molar-refractivity contribution < 1.29 is 4.79 Å². The molecule has 128 valence electrons. The molecule has 2 unspecified atom stereocenters. The van der Waals surface area contributed by atoms with Crippen molar-refractivity contribution in [3.63, 3.8) is 0 Å². The molecule has 0 radical (unpaired) electrons. The molecule has 2 atom stereocenters. The Morgan fingerprint density at radius 2 is 1.17 bits per heavy atom. The molecule has 0 aliphatic carbocycles. The molecule has 2 rings (SSSR count). The maximum absolute atomic E-state index is 13.2. The quantitative estimate of drug-likeness (QED) is 0.646. The lowest BCUT2D eigenvalue weighted by Crippen LogP contribution is -2.19. The molecule has 2 aromatic carbocycles. The number of rotatable bonds is 6. The fraction of sp³-hybridized carbons (Fsp3) is 0.435. The molecule has 0 N–H and O–H groups in total. The van der Waals surface area contributed by atoms with Crippen LogP contribution in [0.15, 0.2) is 36.4 Å². The molecular formula is C23H30O. The van der Waals surface area contributed by atoms with Crippen LogP contribution in [0, 0.1) is 13.8 Å². The van der Waals surface area contributed by atoms with Gasteiger partial charge in [-0.1, -0.05) is 75.2 Å². The molecular weight excluding hydrogens is 292 g/mol. The van der Waals surface area contributed by atoms with Crippen molar-refractivity contribution >= 4 is 5.78 Å². The van der Waals surface area contributed by atoms with E-state index in [1.807, 2.05) is 0 Å². The highest BCUT2D eigenvalue weighted by molar-refractivity contribution is 5.91. The zero-order valence-electron chi connectivity index (χ0n) is 15.9. The first-order valence-electron chi connectivity index (χ1n) is 9.11. The van der Waals surface area contributed by atoms with E-state index in [1.54, 1.807) is 0 Å². The van der Waals surface area contributed by atoms with Crippen molar-refractivity contribution in [2.24, 2.45) is 0 Å². The van der Waals surface area contributed by atoms with Crippen molar-refractivity contribution in [2.45, 2.75) is 66.2 Å². The van der Waals surface area contributed by atoms with Gasteiger partial charge in [0.2, 0.25) is 0 Å². The minimum absolute atomic E-state index is 0.0694. The van der Waals surface area contributed by atoms with Gasteiger partial charge in [-0.15, -0.1) is 0 Å². The van der Waals surface area contributed by atoms with E-state index in [2.05, 4.69) is 77.9 Å². The summed E-state index contributed by atoms with van der Waals surface area (Å²) in [7, 11) is 0. The van der Waals surface area contributed by atoms with Gasteiger partial charge in [-0.3, -0.25) is 4.79 Å². The average molecular weight is 322 g/mol. The van der Waals surface area contributed by atoms with Gasteiger partial charge in [0.25, 0.3) is 0 Å². The number of carbonyl (C=O) groups is 1. The van der Waals surface area contributed by atoms with Gasteiger partial charge in [0.1, 0.15) is 5.78 Å². The molecule has 0 saturated heterocycles. The number of benzene rings is 2. The average Bonchev–Trinajstić information content (AvgIpc) is 2.59. The molecule has 0 aromatic heterocycles. The summed E-state index contributed by atoms with van der Waals surface area (Å²) in [5, 5.41) is 0. The number of carbonyl (C=O) groups excluding carboxylic acids is 1. The summed E-state index contributed by atoms with van der Waals surface area (Å²) in [6, 6.07) is 13.0. The van der Waals surface area contributed by atoms with E-state index in [9.17, 15) is 4.79 Å². The number of aryl methyl sites for hydroxylation is 4. The predicted molar refractivity (Wildman–Crippen MR) is 103 cm³/mol. The first kappa shape index (κ1) is 18.4. The lowest BCUT2D eigenvalue weighted by atomic mass is 9.81. The molecule has 1 heteroatoms. The largest absolute Gasteiger partial charge is 0.298 e. The van der Waals surface area contributed by atoms with Gasteiger partial charge in [-0.2, -0.15) is 0 Å². The second-order valence-corrected chi connectivity index (χ2v) is 6.96. The molecule has 0 aliphatic heterocycles. The Morgan fingerprint density at radius 3 is 1.50 bits per heavy atom. The second-order valence-electron chi connectivity index (χ2n) is 6.96. The van der Waals surface area contributed by atoms with Crippen LogP contribution in [-0.2, 0) is 17.6 Å². The van der Waals surface area contributed by atoms with Crippen LogP contribution in [0.25, 0.3) is 0 Å². The number of hydrogen-bond acceptors (Lipinski definition) is 1. The zero-order chi connectivity index (χ0) is 17.9. The van der Waals surface area contributed by atoms with Crippen molar-refractivity contribution in [1.29, 1.82) is 0 Å². The highest BCUT2D eigenvalue weighted by Crippen LogP contribution is 2.31. The van der Waals surface area contributed by atoms with E-state index < -0.39 is 0 Å². The summed E-state index contributed by atoms with van der Waals surface area (Å²) in [5.41, 5.74) is 7.40. The molecule has 24 heavy (non-hydrogen) atoms. The van der Waals surface area contributed by atoms with Crippen LogP contribution in [0.1, 0.15) is 72.9 Å². The summed E-state index contributed by atoms with van der Waals surface area (Å²) in [6.45, 7) is 12.6. The third-order valence-corrected chi connectivity index (χ3v) is 5.15. The van der Waals surface area contributed by atoms with Crippen LogP contribution < -0.4 is 0 Å². The fourth-order valence-electron chi connectivity index (χ4n) is 3.56. The first-order valence-corrected chi connectivity index (χ1v) is 9.11. The number of hydrogen-bond donors (Lipinski definition) is 0. The van der Waals surface area contributed by atoms with E-state index in [0.29, 0.717) is 5.78 Å². The summed E-state index contributed by atoms with van der Waals surface area (Å²) >= 11 is 0. The molecule has 0 aliphatic rings. The minimum Gasteiger partial charge on any atom is -0.298 e. The van der Waals surface area contributed by atoms with Gasteiger partial charge in [-0.25, -0.2) is 0 Å². The van der Waals surface area contributed by atoms with Crippen molar-refractivity contribution in [1.82, 2.24) is 0 Å². The standard InChI is InChI=1S/C23H30O/c1-7-19-11-9-15(3)13-21(19)17(5)23(24)18(6)22-14-16(4)10-12-20(22)8-2/h9-14,17-18H,7-8H2,1-6H3. The van der Waals surface area contributed by atoms with Crippen LogP contribution >= 0.6 is 0 Å². The smallest absolute Gasteiger partial charge is 0.147 e. The number of ketones is 1. The molecule has 0 heterocycles. The highest BCUT2D eigenvalue weighted by Gasteiger charge is 2.25. The Kier molecular flexibility index (Phi) is 5.99. The van der Waals surface area contributed by atoms with Crippen LogP contribution in [0.2, 0.25) is 0 Å². The summed E-state index contributed by atoms with van der Waals surface area (Å²) in [4.78, 5) is 13.2. The maximum Gasteiger partial charge on any atom is 0.147 e. The molecule has 0 bridgehead atoms. The highest BCUT2D eigenvalue weighted by atomic mass is 16.1. The van der Waals surface area contributed by atoms with Gasteiger partial charge in [0.05, 0.1) is 0 Å². The van der Waals surface area contributed by atoms with Crippen LogP contribution in [-0.4, -0.2) is 5.78 Å². The van der Waals surface area contributed by atoms with Gasteiger partial charge < -0.3 is 0 Å². The SMILES string of the molecule is CCc1ccc(C)cc1C(C)C(=O)C(C)c1cc(C)ccc1CC. The first-order chi connectivity index (χ1) is 11.4. The van der Waals surface area contributed by atoms with E-state index in [0.717, 1.165) is 12.8 Å². The van der Waals surface area contributed by atoms with Crippen LogP contribution in [0.5, 0.6) is 0 Å². The Balaban J connectivity index is 2.38. The van der Waals surface area contributed by atoms with E-state index in [-0.39, 0.29) is 11.8 Å². The molecule has 0 spiro atoms. The minimum atomic E-state index is -0.0694. The monoisotopic (exact) mass is 322 g/mol. The van der Waals surface area contributed by atoms with Gasteiger partial charge >= 0.3 is 0 Å². The molecule has 1 nitrogen and oxygen atoms in total. The lowest BCUT2D eigenvalue weighted by Gasteiger charge is -2.22. The van der Waals surface area contributed by atoms with Crippen LogP contribution in [0.4, 0.5) is 0 Å². The molecule has 2 aromatic rings. The molecule has 0 amide bonds. The van der Waals surface area contributed by atoms with Gasteiger partial charge in [-0.05, 0) is 48.9 Å². The summed E-state index contributed by atoms with van der Waals surface area (Å²) in [6.07, 6.45) is 1.93. The predicted octanol–water partition coefficient (Wildman–Crippen LogP) is 5.90. The van der Waals surface area contributed by atoms with E-state index in [4.69, 9.17) is 0 Å². The summed E-state index contributed by atoms with van der Waals surface area (Å²) < 4.78 is 0. The Labute approximate surface area is 147 Å². The van der Waals surface area contributed by atoms with Crippen molar-refractivity contribution in [3.05, 3.63) is 69.8 Å². The summed E-state index contributed by atoms with van der Waals surface area (Å²) in [5.74, 6) is 0.177. The third-order valence-electron chi connectivity index (χ3n) is 5.15. The molecule has 0 saturated carbocycles. The number of Topliss-reactive ketones (excluding diaryl/α,β-unsaturated/α-hetero) is 1. The zero-order valence-corrected chi connectivity index (χ0v) is 15.9. The van der Waals surface area contributed by atoms with Crippen LogP contribution in [0.3, 0.4) is 0 Å². The van der Waals surface area contributed by atoms with Gasteiger partial charge in [0.15, 0.2) is 0 Å². The topological polar surface area (TPSA) is 17.1 Å². The third kappa shape index (κ3) is 3.77. The Bertz CT molecular complexity index is 665.